The zero-order chi connectivity index (χ0) is 10.9. The fourth-order valence-corrected chi connectivity index (χ4v) is 2.56. The smallest absolute Gasteiger partial charge is 0.308 e. The standard InChI is InChI=1S/C11H21NO2/c1-7(2)10-9(11(13)14)5-6-12(10)8(3)4/h7-10H,5-6H2,1-4H3,(H,13,14)/t9-,10+/m0/s1. The fourth-order valence-electron chi connectivity index (χ4n) is 2.56. The maximum atomic E-state index is 11.1. The third kappa shape index (κ3) is 2.08. The quantitative estimate of drug-likeness (QED) is 0.753. The van der Waals surface area contributed by atoms with Gasteiger partial charge in [-0.25, -0.2) is 0 Å². The first kappa shape index (κ1) is 11.5. The van der Waals surface area contributed by atoms with Gasteiger partial charge in [-0.15, -0.1) is 0 Å². The summed E-state index contributed by atoms with van der Waals surface area (Å²) in [4.78, 5) is 13.4. The van der Waals surface area contributed by atoms with Gasteiger partial charge in [0.15, 0.2) is 0 Å². The fraction of sp³-hybridized carbons (Fsp3) is 0.909. The number of hydrogen-bond donors (Lipinski definition) is 1. The van der Waals surface area contributed by atoms with E-state index in [0.29, 0.717) is 12.0 Å². The highest BCUT2D eigenvalue weighted by atomic mass is 16.4. The van der Waals surface area contributed by atoms with Crippen molar-refractivity contribution in [1.29, 1.82) is 0 Å². The molecular formula is C11H21NO2. The Balaban J connectivity index is 2.79. The highest BCUT2D eigenvalue weighted by Gasteiger charge is 2.41. The Morgan fingerprint density at radius 3 is 2.29 bits per heavy atom. The lowest BCUT2D eigenvalue weighted by Gasteiger charge is -2.32. The minimum Gasteiger partial charge on any atom is -0.481 e. The van der Waals surface area contributed by atoms with Gasteiger partial charge in [-0.3, -0.25) is 9.69 Å². The van der Waals surface area contributed by atoms with E-state index in [0.717, 1.165) is 13.0 Å². The molecule has 1 N–H and O–H groups in total. The maximum Gasteiger partial charge on any atom is 0.308 e. The molecule has 0 amide bonds. The van der Waals surface area contributed by atoms with Crippen LogP contribution in [0.15, 0.2) is 0 Å². The molecule has 82 valence electrons. The summed E-state index contributed by atoms with van der Waals surface area (Å²) >= 11 is 0. The van der Waals surface area contributed by atoms with Crippen LogP contribution < -0.4 is 0 Å². The highest BCUT2D eigenvalue weighted by molar-refractivity contribution is 5.71. The molecule has 1 rings (SSSR count). The van der Waals surface area contributed by atoms with E-state index in [2.05, 4.69) is 32.6 Å². The van der Waals surface area contributed by atoms with Crippen LogP contribution >= 0.6 is 0 Å². The van der Waals surface area contributed by atoms with Crippen molar-refractivity contribution < 1.29 is 9.90 Å². The summed E-state index contributed by atoms with van der Waals surface area (Å²) in [6.45, 7) is 9.43. The highest BCUT2D eigenvalue weighted by Crippen LogP contribution is 2.31. The summed E-state index contributed by atoms with van der Waals surface area (Å²) in [5.74, 6) is -0.384. The molecule has 3 nitrogen and oxygen atoms in total. The lowest BCUT2D eigenvalue weighted by atomic mass is 9.91. The van der Waals surface area contributed by atoms with Gasteiger partial charge in [0.05, 0.1) is 5.92 Å². The molecule has 1 saturated heterocycles. The van der Waals surface area contributed by atoms with Gasteiger partial charge in [0.25, 0.3) is 0 Å². The number of carbonyl (C=O) groups is 1. The normalized spacial score (nSPS) is 29.0. The van der Waals surface area contributed by atoms with E-state index in [-0.39, 0.29) is 12.0 Å². The van der Waals surface area contributed by atoms with Crippen molar-refractivity contribution in [2.45, 2.75) is 46.2 Å². The molecule has 3 heteroatoms. The van der Waals surface area contributed by atoms with Crippen LogP contribution in [0.1, 0.15) is 34.1 Å². The van der Waals surface area contributed by atoms with Gasteiger partial charge < -0.3 is 5.11 Å². The average molecular weight is 199 g/mol. The van der Waals surface area contributed by atoms with Crippen molar-refractivity contribution in [3.05, 3.63) is 0 Å². The van der Waals surface area contributed by atoms with Crippen molar-refractivity contribution in [2.24, 2.45) is 11.8 Å². The molecule has 0 aliphatic carbocycles. The second-order valence-electron chi connectivity index (χ2n) is 4.80. The molecule has 0 bridgehead atoms. The van der Waals surface area contributed by atoms with Gasteiger partial charge in [0.2, 0.25) is 0 Å². The van der Waals surface area contributed by atoms with Gasteiger partial charge >= 0.3 is 5.97 Å². The number of hydrogen-bond acceptors (Lipinski definition) is 2. The van der Waals surface area contributed by atoms with Crippen LogP contribution in [0.2, 0.25) is 0 Å². The minimum atomic E-state index is -0.633. The van der Waals surface area contributed by atoms with Gasteiger partial charge in [-0.1, -0.05) is 13.8 Å². The van der Waals surface area contributed by atoms with E-state index in [1.165, 1.54) is 0 Å². The molecule has 0 aromatic carbocycles. The Bertz CT molecular complexity index is 213. The average Bonchev–Trinajstić information content (AvgIpc) is 2.46. The van der Waals surface area contributed by atoms with Crippen molar-refractivity contribution >= 4 is 5.97 Å². The first-order valence-corrected chi connectivity index (χ1v) is 5.43. The SMILES string of the molecule is CC(C)[C@@H]1[C@@H](C(=O)O)CCN1C(C)C. The van der Waals surface area contributed by atoms with E-state index in [1.54, 1.807) is 0 Å². The third-order valence-electron chi connectivity index (χ3n) is 3.16. The topological polar surface area (TPSA) is 40.5 Å². The van der Waals surface area contributed by atoms with Crippen LogP contribution in [-0.4, -0.2) is 34.6 Å². The zero-order valence-corrected chi connectivity index (χ0v) is 9.53. The van der Waals surface area contributed by atoms with E-state index < -0.39 is 5.97 Å². The van der Waals surface area contributed by atoms with E-state index in [4.69, 9.17) is 5.11 Å². The first-order valence-electron chi connectivity index (χ1n) is 5.43. The summed E-state index contributed by atoms with van der Waals surface area (Å²) < 4.78 is 0. The zero-order valence-electron chi connectivity index (χ0n) is 9.53. The van der Waals surface area contributed by atoms with Crippen LogP contribution in [0.5, 0.6) is 0 Å². The predicted octanol–water partition coefficient (Wildman–Crippen LogP) is 1.83. The number of carboxylic acids is 1. The summed E-state index contributed by atoms with van der Waals surface area (Å²) in [6, 6.07) is 0.666. The number of aliphatic carboxylic acids is 1. The molecule has 0 saturated carbocycles. The monoisotopic (exact) mass is 199 g/mol. The third-order valence-corrected chi connectivity index (χ3v) is 3.16. The Morgan fingerprint density at radius 1 is 1.36 bits per heavy atom. The largest absolute Gasteiger partial charge is 0.481 e. The molecule has 1 heterocycles. The lowest BCUT2D eigenvalue weighted by Crippen LogP contribution is -2.43. The Labute approximate surface area is 86.1 Å². The van der Waals surface area contributed by atoms with Crippen LogP contribution in [0.3, 0.4) is 0 Å². The number of rotatable bonds is 3. The first-order chi connectivity index (χ1) is 6.45. The van der Waals surface area contributed by atoms with Gasteiger partial charge in [-0.05, 0) is 32.7 Å². The molecule has 1 fully saturated rings. The molecule has 0 spiro atoms. The number of carboxylic acid groups (broad SMARTS) is 1. The summed E-state index contributed by atoms with van der Waals surface area (Å²) in [5, 5.41) is 9.11. The predicted molar refractivity (Wildman–Crippen MR) is 56.2 cm³/mol. The lowest BCUT2D eigenvalue weighted by molar-refractivity contribution is -0.143. The second kappa shape index (κ2) is 4.30. The second-order valence-corrected chi connectivity index (χ2v) is 4.80. The molecule has 0 aromatic heterocycles. The Morgan fingerprint density at radius 2 is 1.93 bits per heavy atom. The Kier molecular flexibility index (Phi) is 3.53. The van der Waals surface area contributed by atoms with Crippen LogP contribution in [-0.2, 0) is 4.79 Å². The van der Waals surface area contributed by atoms with E-state index in [9.17, 15) is 4.79 Å². The van der Waals surface area contributed by atoms with Crippen molar-refractivity contribution in [3.63, 3.8) is 0 Å². The minimum absolute atomic E-state index is 0.169. The van der Waals surface area contributed by atoms with Gasteiger partial charge in [0, 0.05) is 12.1 Å². The van der Waals surface area contributed by atoms with Crippen LogP contribution in [0, 0.1) is 11.8 Å². The van der Waals surface area contributed by atoms with Crippen LogP contribution in [0.4, 0.5) is 0 Å². The molecular weight excluding hydrogens is 178 g/mol. The number of nitrogens with zero attached hydrogens (tertiary/aromatic N) is 1. The van der Waals surface area contributed by atoms with Crippen molar-refractivity contribution in [1.82, 2.24) is 4.90 Å². The van der Waals surface area contributed by atoms with E-state index >= 15 is 0 Å². The molecule has 1 aliphatic rings. The van der Waals surface area contributed by atoms with Crippen molar-refractivity contribution in [3.8, 4) is 0 Å². The molecule has 14 heavy (non-hydrogen) atoms. The summed E-state index contributed by atoms with van der Waals surface area (Å²) in [5.41, 5.74) is 0. The van der Waals surface area contributed by atoms with Gasteiger partial charge in [-0.2, -0.15) is 0 Å². The van der Waals surface area contributed by atoms with E-state index in [1.807, 2.05) is 0 Å². The Hall–Kier alpha value is -0.570. The maximum absolute atomic E-state index is 11.1. The summed E-state index contributed by atoms with van der Waals surface area (Å²) in [7, 11) is 0. The van der Waals surface area contributed by atoms with Crippen LogP contribution in [0.25, 0.3) is 0 Å². The molecule has 0 unspecified atom stereocenters. The molecule has 0 radical (unpaired) electrons. The molecule has 2 atom stereocenters. The van der Waals surface area contributed by atoms with Crippen molar-refractivity contribution in [2.75, 3.05) is 6.54 Å². The molecule has 0 aromatic rings. The number of likely N-dealkylation sites (tertiary alicyclic amines) is 1. The van der Waals surface area contributed by atoms with Gasteiger partial charge in [0.1, 0.15) is 0 Å². The summed E-state index contributed by atoms with van der Waals surface area (Å²) in [6.07, 6.45) is 0.802. The molecule has 1 aliphatic heterocycles.